The zero-order chi connectivity index (χ0) is 9.94. The first-order chi connectivity index (χ1) is 6.31. The molecule has 0 heterocycles. The molecule has 0 radical (unpaired) electrons. The van der Waals surface area contributed by atoms with Gasteiger partial charge in [-0.05, 0) is 13.3 Å². The van der Waals surface area contributed by atoms with Crippen molar-refractivity contribution in [3.8, 4) is 0 Å². The summed E-state index contributed by atoms with van der Waals surface area (Å²) in [5.74, 6) is 0.220. The van der Waals surface area contributed by atoms with E-state index in [-0.39, 0.29) is 5.76 Å². The van der Waals surface area contributed by atoms with E-state index in [1.807, 2.05) is 13.8 Å². The summed E-state index contributed by atoms with van der Waals surface area (Å²) in [4.78, 5) is 0. The molecule has 1 N–H and O–H groups in total. The standard InChI is InChI=1S/C10H18O3/c1-3-6-12-8-5-10(11)9-13-7-4-2/h3,6,9,11H,4-5,7-8H2,1-2H3. The van der Waals surface area contributed by atoms with E-state index in [0.717, 1.165) is 6.42 Å². The van der Waals surface area contributed by atoms with Crippen LogP contribution in [0.2, 0.25) is 0 Å². The molecule has 0 aromatic heterocycles. The number of rotatable bonds is 7. The summed E-state index contributed by atoms with van der Waals surface area (Å²) in [5.41, 5.74) is 0. The highest BCUT2D eigenvalue weighted by Gasteiger charge is 1.92. The molecule has 76 valence electrons. The van der Waals surface area contributed by atoms with Crippen LogP contribution in [0.3, 0.4) is 0 Å². The summed E-state index contributed by atoms with van der Waals surface area (Å²) >= 11 is 0. The van der Waals surface area contributed by atoms with Crippen molar-refractivity contribution < 1.29 is 14.6 Å². The Balaban J connectivity index is 3.37. The summed E-state index contributed by atoms with van der Waals surface area (Å²) in [5, 5.41) is 9.21. The van der Waals surface area contributed by atoms with Gasteiger partial charge >= 0.3 is 0 Å². The van der Waals surface area contributed by atoms with E-state index >= 15 is 0 Å². The molecule has 0 aromatic carbocycles. The van der Waals surface area contributed by atoms with Gasteiger partial charge in [0.15, 0.2) is 0 Å². The fourth-order valence-electron chi connectivity index (χ4n) is 0.660. The van der Waals surface area contributed by atoms with E-state index in [1.54, 1.807) is 12.3 Å². The van der Waals surface area contributed by atoms with Gasteiger partial charge in [0.1, 0.15) is 12.0 Å². The first kappa shape index (κ1) is 11.9. The maximum Gasteiger partial charge on any atom is 0.130 e. The Labute approximate surface area is 79.7 Å². The average molecular weight is 186 g/mol. The first-order valence-electron chi connectivity index (χ1n) is 4.53. The van der Waals surface area contributed by atoms with Crippen LogP contribution in [0, 0.1) is 0 Å². The maximum absolute atomic E-state index is 9.21. The summed E-state index contributed by atoms with van der Waals surface area (Å²) in [6.45, 7) is 5.00. The lowest BCUT2D eigenvalue weighted by molar-refractivity contribution is 0.204. The SMILES string of the molecule is CC=COCCC(O)=COCCC. The molecule has 3 nitrogen and oxygen atoms in total. The number of aliphatic hydroxyl groups is 1. The summed E-state index contributed by atoms with van der Waals surface area (Å²) in [6, 6.07) is 0. The van der Waals surface area contributed by atoms with Gasteiger partial charge in [0.05, 0.1) is 19.5 Å². The minimum absolute atomic E-state index is 0.220. The predicted molar refractivity (Wildman–Crippen MR) is 52.3 cm³/mol. The van der Waals surface area contributed by atoms with Crippen molar-refractivity contribution in [2.24, 2.45) is 0 Å². The highest BCUT2D eigenvalue weighted by atomic mass is 16.5. The zero-order valence-electron chi connectivity index (χ0n) is 8.32. The van der Waals surface area contributed by atoms with Gasteiger partial charge in [0.2, 0.25) is 0 Å². The molecular weight excluding hydrogens is 168 g/mol. The van der Waals surface area contributed by atoms with E-state index in [0.29, 0.717) is 19.6 Å². The summed E-state index contributed by atoms with van der Waals surface area (Å²) in [7, 11) is 0. The molecule has 0 fully saturated rings. The Kier molecular flexibility index (Phi) is 8.20. The lowest BCUT2D eigenvalue weighted by Crippen LogP contribution is -1.93. The van der Waals surface area contributed by atoms with Crippen molar-refractivity contribution in [2.75, 3.05) is 13.2 Å². The van der Waals surface area contributed by atoms with Gasteiger partial charge in [-0.25, -0.2) is 0 Å². The van der Waals surface area contributed by atoms with Gasteiger partial charge in [-0.1, -0.05) is 13.0 Å². The number of hydrogen-bond donors (Lipinski definition) is 1. The third-order valence-corrected chi connectivity index (χ3v) is 1.25. The fourth-order valence-corrected chi connectivity index (χ4v) is 0.660. The van der Waals surface area contributed by atoms with Crippen LogP contribution in [0.5, 0.6) is 0 Å². The van der Waals surface area contributed by atoms with Gasteiger partial charge in [-0.3, -0.25) is 0 Å². The quantitative estimate of drug-likeness (QED) is 0.491. The second-order valence-electron chi connectivity index (χ2n) is 2.57. The molecule has 0 amide bonds. The molecule has 0 bridgehead atoms. The first-order valence-corrected chi connectivity index (χ1v) is 4.53. The zero-order valence-corrected chi connectivity index (χ0v) is 8.32. The third-order valence-electron chi connectivity index (χ3n) is 1.25. The van der Waals surface area contributed by atoms with Crippen molar-refractivity contribution in [2.45, 2.75) is 26.7 Å². The molecule has 0 aliphatic rings. The van der Waals surface area contributed by atoms with E-state index in [2.05, 4.69) is 0 Å². The molecule has 0 rings (SSSR count). The molecular formula is C10H18O3. The van der Waals surface area contributed by atoms with Gasteiger partial charge in [-0.2, -0.15) is 0 Å². The van der Waals surface area contributed by atoms with Gasteiger partial charge in [0.25, 0.3) is 0 Å². The van der Waals surface area contributed by atoms with Crippen molar-refractivity contribution in [3.63, 3.8) is 0 Å². The Morgan fingerprint density at radius 1 is 1.31 bits per heavy atom. The van der Waals surface area contributed by atoms with Crippen LogP contribution in [-0.2, 0) is 9.47 Å². The molecule has 0 unspecified atom stereocenters. The van der Waals surface area contributed by atoms with E-state index in [9.17, 15) is 5.11 Å². The predicted octanol–water partition coefficient (Wildman–Crippen LogP) is 2.75. The largest absolute Gasteiger partial charge is 0.509 e. The number of hydrogen-bond acceptors (Lipinski definition) is 3. The smallest absolute Gasteiger partial charge is 0.130 e. The third kappa shape index (κ3) is 8.79. The van der Waals surface area contributed by atoms with Crippen LogP contribution in [0.15, 0.2) is 24.4 Å². The van der Waals surface area contributed by atoms with Gasteiger partial charge in [0, 0.05) is 6.42 Å². The molecule has 0 aliphatic carbocycles. The molecule has 0 spiro atoms. The van der Waals surface area contributed by atoms with Crippen LogP contribution in [0.25, 0.3) is 0 Å². The fraction of sp³-hybridized carbons (Fsp3) is 0.600. The van der Waals surface area contributed by atoms with Crippen molar-refractivity contribution >= 4 is 0 Å². The maximum atomic E-state index is 9.21. The molecule has 0 saturated carbocycles. The topological polar surface area (TPSA) is 38.7 Å². The Morgan fingerprint density at radius 3 is 2.69 bits per heavy atom. The molecule has 0 saturated heterocycles. The second kappa shape index (κ2) is 8.97. The van der Waals surface area contributed by atoms with Crippen molar-refractivity contribution in [1.82, 2.24) is 0 Å². The summed E-state index contributed by atoms with van der Waals surface area (Å²) < 4.78 is 10.0. The Bertz CT molecular complexity index is 162. The average Bonchev–Trinajstić information content (AvgIpc) is 2.13. The Hall–Kier alpha value is -1.12. The van der Waals surface area contributed by atoms with Crippen molar-refractivity contribution in [1.29, 1.82) is 0 Å². The van der Waals surface area contributed by atoms with Gasteiger partial charge < -0.3 is 14.6 Å². The number of allylic oxidation sites excluding steroid dienone is 1. The minimum Gasteiger partial charge on any atom is -0.509 e. The second-order valence-corrected chi connectivity index (χ2v) is 2.57. The Morgan fingerprint density at radius 2 is 2.08 bits per heavy atom. The van der Waals surface area contributed by atoms with Crippen LogP contribution in [0.1, 0.15) is 26.7 Å². The monoisotopic (exact) mass is 186 g/mol. The minimum atomic E-state index is 0.220. The molecule has 3 heteroatoms. The summed E-state index contributed by atoms with van der Waals surface area (Å²) in [6.07, 6.45) is 6.20. The molecule has 0 aliphatic heterocycles. The number of ether oxygens (including phenoxy) is 2. The van der Waals surface area contributed by atoms with Crippen molar-refractivity contribution in [3.05, 3.63) is 24.4 Å². The van der Waals surface area contributed by atoms with Crippen LogP contribution >= 0.6 is 0 Å². The molecule has 0 atom stereocenters. The van der Waals surface area contributed by atoms with E-state index < -0.39 is 0 Å². The normalized spacial score (nSPS) is 12.0. The molecule has 0 aromatic rings. The van der Waals surface area contributed by atoms with Crippen LogP contribution < -0.4 is 0 Å². The van der Waals surface area contributed by atoms with Crippen LogP contribution in [-0.4, -0.2) is 18.3 Å². The lowest BCUT2D eigenvalue weighted by atomic mass is 10.4. The molecule has 13 heavy (non-hydrogen) atoms. The lowest BCUT2D eigenvalue weighted by Gasteiger charge is -2.01. The van der Waals surface area contributed by atoms with Gasteiger partial charge in [-0.15, -0.1) is 0 Å². The highest BCUT2D eigenvalue weighted by molar-refractivity contribution is 4.84. The van der Waals surface area contributed by atoms with E-state index in [4.69, 9.17) is 9.47 Å². The highest BCUT2D eigenvalue weighted by Crippen LogP contribution is 1.97. The van der Waals surface area contributed by atoms with Crippen LogP contribution in [0.4, 0.5) is 0 Å². The van der Waals surface area contributed by atoms with E-state index in [1.165, 1.54) is 6.26 Å². The number of aliphatic hydroxyl groups excluding tert-OH is 1.